The van der Waals surface area contributed by atoms with Gasteiger partial charge in [0.05, 0.1) is 7.05 Å². The highest BCUT2D eigenvalue weighted by molar-refractivity contribution is 7.99. The fraction of sp³-hybridized carbons (Fsp3) is 0.368. The fourth-order valence-corrected chi connectivity index (χ4v) is 4.93. The summed E-state index contributed by atoms with van der Waals surface area (Å²) in [7, 11) is 2.32. The lowest BCUT2D eigenvalue weighted by atomic mass is 9.97. The average Bonchev–Trinajstić information content (AvgIpc) is 2.72. The zero-order valence-corrected chi connectivity index (χ0v) is 14.0. The molecule has 2 N–H and O–H groups in total. The molecule has 2 aliphatic heterocycles. The van der Waals surface area contributed by atoms with Crippen LogP contribution in [0.5, 0.6) is 0 Å². The summed E-state index contributed by atoms with van der Waals surface area (Å²) >= 11 is 1.95. The molecule has 1 atom stereocenters. The quantitative estimate of drug-likeness (QED) is 0.793. The van der Waals surface area contributed by atoms with Gasteiger partial charge in [-0.3, -0.25) is 0 Å². The molecule has 0 aromatic heterocycles. The van der Waals surface area contributed by atoms with Crippen LogP contribution in [0.25, 0.3) is 0 Å². The summed E-state index contributed by atoms with van der Waals surface area (Å²) in [4.78, 5) is 6.35. The van der Waals surface area contributed by atoms with Crippen LogP contribution in [0.4, 0.5) is 0 Å². The molecular weight excluding hydrogens is 288 g/mol. The Morgan fingerprint density at radius 1 is 0.864 bits per heavy atom. The number of piperazine rings is 1. The van der Waals surface area contributed by atoms with Crippen molar-refractivity contribution in [3.8, 4) is 0 Å². The predicted molar refractivity (Wildman–Crippen MR) is 90.8 cm³/mol. The zero-order chi connectivity index (χ0) is 14.9. The Balaban J connectivity index is 1.73. The number of quaternary nitrogens is 2. The molecule has 2 nitrogen and oxygen atoms in total. The average molecular weight is 312 g/mol. The number of benzene rings is 2. The molecule has 22 heavy (non-hydrogen) atoms. The van der Waals surface area contributed by atoms with E-state index in [4.69, 9.17) is 0 Å². The van der Waals surface area contributed by atoms with E-state index in [9.17, 15) is 0 Å². The summed E-state index contributed by atoms with van der Waals surface area (Å²) in [6, 6.07) is 18.6. The summed E-state index contributed by atoms with van der Waals surface area (Å²) in [6.07, 6.45) is 1.18. The first kappa shape index (κ1) is 14.3. The second kappa shape index (κ2) is 6.07. The molecule has 0 radical (unpaired) electrons. The van der Waals surface area contributed by atoms with Gasteiger partial charge in [-0.2, -0.15) is 0 Å². The van der Waals surface area contributed by atoms with Gasteiger partial charge in [-0.15, -0.1) is 0 Å². The van der Waals surface area contributed by atoms with Gasteiger partial charge in [-0.25, -0.2) is 0 Å². The van der Waals surface area contributed by atoms with Crippen molar-refractivity contribution in [2.45, 2.75) is 22.3 Å². The van der Waals surface area contributed by atoms with Crippen LogP contribution in [0.15, 0.2) is 58.3 Å². The Morgan fingerprint density at radius 3 is 2.36 bits per heavy atom. The van der Waals surface area contributed by atoms with Gasteiger partial charge in [-0.1, -0.05) is 48.2 Å². The molecule has 0 unspecified atom stereocenters. The minimum atomic E-state index is 0.612. The third kappa shape index (κ3) is 2.69. The van der Waals surface area contributed by atoms with E-state index in [1.165, 1.54) is 48.0 Å². The van der Waals surface area contributed by atoms with E-state index >= 15 is 0 Å². The molecular formula is C19H24N2S+2. The van der Waals surface area contributed by atoms with Crippen LogP contribution in [0.2, 0.25) is 0 Å². The molecule has 2 aromatic carbocycles. The summed E-state index contributed by atoms with van der Waals surface area (Å²) in [5.74, 6) is 0. The van der Waals surface area contributed by atoms with Gasteiger partial charge in [0.2, 0.25) is 0 Å². The van der Waals surface area contributed by atoms with Crippen LogP contribution in [0, 0.1) is 0 Å². The molecule has 0 bridgehead atoms. The minimum Gasteiger partial charge on any atom is -0.328 e. The highest BCUT2D eigenvalue weighted by Gasteiger charge is 2.33. The van der Waals surface area contributed by atoms with Crippen molar-refractivity contribution in [1.82, 2.24) is 0 Å². The van der Waals surface area contributed by atoms with Gasteiger partial charge in [0, 0.05) is 21.8 Å². The first-order valence-corrected chi connectivity index (χ1v) is 9.13. The highest BCUT2D eigenvalue weighted by Crippen LogP contribution is 2.39. The summed E-state index contributed by atoms with van der Waals surface area (Å²) < 4.78 is 0. The molecule has 3 heteroatoms. The molecule has 2 heterocycles. The maximum atomic E-state index is 2.36. The lowest BCUT2D eigenvalue weighted by Crippen LogP contribution is -3.27. The molecule has 1 fully saturated rings. The Hall–Kier alpha value is -1.29. The second-order valence-corrected chi connectivity index (χ2v) is 7.70. The van der Waals surface area contributed by atoms with E-state index in [1.54, 1.807) is 15.4 Å². The normalized spacial score (nSPS) is 27.6. The first-order chi connectivity index (χ1) is 10.8. The van der Waals surface area contributed by atoms with Crippen LogP contribution in [0.3, 0.4) is 0 Å². The Labute approximate surface area is 137 Å². The molecule has 0 saturated carbocycles. The molecule has 2 aliphatic rings. The van der Waals surface area contributed by atoms with Crippen molar-refractivity contribution < 1.29 is 9.80 Å². The molecule has 0 amide bonds. The Bertz CT molecular complexity index is 662. The number of rotatable bonds is 1. The van der Waals surface area contributed by atoms with Gasteiger partial charge in [0.25, 0.3) is 0 Å². The molecule has 114 valence electrons. The fourth-order valence-electron chi connectivity index (χ4n) is 3.79. The van der Waals surface area contributed by atoms with Crippen molar-refractivity contribution in [2.75, 3.05) is 33.2 Å². The summed E-state index contributed by atoms with van der Waals surface area (Å²) in [5, 5.41) is 0. The zero-order valence-electron chi connectivity index (χ0n) is 13.1. The van der Waals surface area contributed by atoms with Crippen molar-refractivity contribution in [3.05, 3.63) is 59.7 Å². The smallest absolute Gasteiger partial charge is 0.127 e. The maximum Gasteiger partial charge on any atom is 0.127 e. The lowest BCUT2D eigenvalue weighted by molar-refractivity contribution is -1.02. The van der Waals surface area contributed by atoms with Crippen molar-refractivity contribution in [2.24, 2.45) is 0 Å². The third-order valence-corrected chi connectivity index (χ3v) is 6.36. The number of nitrogens with one attached hydrogen (secondary N) is 2. The number of hydrogen-bond donors (Lipinski definition) is 2. The second-order valence-electron chi connectivity index (χ2n) is 6.62. The van der Waals surface area contributed by atoms with Crippen molar-refractivity contribution in [1.29, 1.82) is 0 Å². The van der Waals surface area contributed by atoms with E-state index < -0.39 is 0 Å². The maximum absolute atomic E-state index is 2.36. The highest BCUT2D eigenvalue weighted by atomic mass is 32.2. The van der Waals surface area contributed by atoms with Crippen LogP contribution < -0.4 is 9.80 Å². The van der Waals surface area contributed by atoms with Crippen molar-refractivity contribution >= 4 is 11.8 Å². The Morgan fingerprint density at radius 2 is 1.55 bits per heavy atom. The number of hydrogen-bond acceptors (Lipinski definition) is 1. The van der Waals surface area contributed by atoms with Gasteiger partial charge in [0.15, 0.2) is 0 Å². The molecule has 4 rings (SSSR count). The van der Waals surface area contributed by atoms with Gasteiger partial charge >= 0.3 is 0 Å². The summed E-state index contributed by atoms with van der Waals surface area (Å²) in [6.45, 7) is 5.17. The summed E-state index contributed by atoms with van der Waals surface area (Å²) in [5.41, 5.74) is 3.07. The number of likely N-dealkylation sites (N-methyl/N-ethyl adjacent to an activating group) is 1. The largest absolute Gasteiger partial charge is 0.328 e. The van der Waals surface area contributed by atoms with Gasteiger partial charge < -0.3 is 9.80 Å². The van der Waals surface area contributed by atoms with Crippen LogP contribution in [-0.2, 0) is 6.42 Å². The molecule has 2 aromatic rings. The van der Waals surface area contributed by atoms with E-state index in [-0.39, 0.29) is 0 Å². The number of fused-ring (bicyclic) bond motifs is 2. The van der Waals surface area contributed by atoms with Crippen molar-refractivity contribution in [3.63, 3.8) is 0 Å². The molecule has 1 saturated heterocycles. The van der Waals surface area contributed by atoms with Crippen LogP contribution in [0.1, 0.15) is 17.2 Å². The SMILES string of the molecule is C[NH+]1CC[NH+]([C@@H]2Cc3ccccc3Sc3ccccc32)CC1. The van der Waals surface area contributed by atoms with E-state index in [1.807, 2.05) is 11.8 Å². The Kier molecular flexibility index (Phi) is 3.95. The monoisotopic (exact) mass is 312 g/mol. The first-order valence-electron chi connectivity index (χ1n) is 8.32. The molecule has 0 aliphatic carbocycles. The minimum absolute atomic E-state index is 0.612. The van der Waals surface area contributed by atoms with Gasteiger partial charge in [-0.05, 0) is 17.7 Å². The van der Waals surface area contributed by atoms with E-state index in [0.29, 0.717) is 6.04 Å². The third-order valence-electron chi connectivity index (χ3n) is 5.15. The molecule has 0 spiro atoms. The van der Waals surface area contributed by atoms with E-state index in [2.05, 4.69) is 55.6 Å². The lowest BCUT2D eigenvalue weighted by Gasteiger charge is -2.33. The van der Waals surface area contributed by atoms with E-state index in [0.717, 1.165) is 0 Å². The standard InChI is InChI=1S/C19H22N2S/c1-20-10-12-21(13-11-20)17-14-15-6-2-4-8-18(15)22-19-9-5-3-7-16(17)19/h2-9,17H,10-14H2,1H3/p+2/t17-/m1/s1. The van der Waals surface area contributed by atoms with Crippen LogP contribution >= 0.6 is 11.8 Å². The predicted octanol–water partition coefficient (Wildman–Crippen LogP) is 0.848. The van der Waals surface area contributed by atoms with Crippen LogP contribution in [-0.4, -0.2) is 33.2 Å². The van der Waals surface area contributed by atoms with Gasteiger partial charge in [0.1, 0.15) is 32.2 Å². The topological polar surface area (TPSA) is 8.88 Å².